The van der Waals surface area contributed by atoms with Crippen LogP contribution in [-0.2, 0) is 6.54 Å². The first-order valence-corrected chi connectivity index (χ1v) is 9.80. The molecule has 0 fully saturated rings. The highest BCUT2D eigenvalue weighted by Gasteiger charge is 2.22. The summed E-state index contributed by atoms with van der Waals surface area (Å²) in [6.45, 7) is 8.48. The maximum atomic E-state index is 12.8. The summed E-state index contributed by atoms with van der Waals surface area (Å²) in [5.41, 5.74) is 3.31. The van der Waals surface area contributed by atoms with E-state index >= 15 is 0 Å². The zero-order valence-electron chi connectivity index (χ0n) is 16.6. The summed E-state index contributed by atoms with van der Waals surface area (Å²) in [7, 11) is 0. The fraction of sp³-hybridized carbons (Fsp3) is 0.381. The lowest BCUT2D eigenvalue weighted by atomic mass is 9.96. The molecular formula is C21H25ClN4O2. The molecule has 0 saturated carbocycles. The zero-order chi connectivity index (χ0) is 20.3. The van der Waals surface area contributed by atoms with E-state index < -0.39 is 0 Å². The highest BCUT2D eigenvalue weighted by molar-refractivity contribution is 6.30. The normalized spacial score (nSPS) is 13.3. The van der Waals surface area contributed by atoms with Crippen molar-refractivity contribution in [1.82, 2.24) is 20.3 Å². The van der Waals surface area contributed by atoms with Gasteiger partial charge in [0.1, 0.15) is 5.76 Å². The van der Waals surface area contributed by atoms with E-state index in [1.54, 1.807) is 24.0 Å². The van der Waals surface area contributed by atoms with Gasteiger partial charge >= 0.3 is 0 Å². The molecule has 3 aromatic rings. The number of aryl methyl sites for hydroxylation is 1. The SMILES string of the molecule is CCC(C)c1ccc(C(C)NC(=O)c2noc(C)c2Cn2cc(Cl)cn2)cc1. The summed E-state index contributed by atoms with van der Waals surface area (Å²) < 4.78 is 6.90. The number of carbonyl (C=O) groups excluding carboxylic acids is 1. The molecule has 7 heteroatoms. The second-order valence-corrected chi connectivity index (χ2v) is 7.53. The van der Waals surface area contributed by atoms with Crippen LogP contribution < -0.4 is 5.32 Å². The van der Waals surface area contributed by atoms with Gasteiger partial charge in [0.2, 0.25) is 0 Å². The van der Waals surface area contributed by atoms with Crippen molar-refractivity contribution < 1.29 is 9.32 Å². The van der Waals surface area contributed by atoms with Gasteiger partial charge in [-0.25, -0.2) is 0 Å². The van der Waals surface area contributed by atoms with Gasteiger partial charge < -0.3 is 9.84 Å². The summed E-state index contributed by atoms with van der Waals surface area (Å²) >= 11 is 5.92. The minimum atomic E-state index is -0.274. The molecule has 0 spiro atoms. The quantitative estimate of drug-likeness (QED) is 0.613. The second kappa shape index (κ2) is 8.61. The summed E-state index contributed by atoms with van der Waals surface area (Å²) in [5, 5.41) is 11.6. The second-order valence-electron chi connectivity index (χ2n) is 7.09. The van der Waals surface area contributed by atoms with Crippen LogP contribution in [0, 0.1) is 6.92 Å². The molecule has 0 bridgehead atoms. The maximum absolute atomic E-state index is 12.8. The van der Waals surface area contributed by atoms with Crippen molar-refractivity contribution >= 4 is 17.5 Å². The van der Waals surface area contributed by atoms with E-state index in [4.69, 9.17) is 16.1 Å². The lowest BCUT2D eigenvalue weighted by molar-refractivity contribution is 0.0929. The van der Waals surface area contributed by atoms with Crippen LogP contribution in [0.2, 0.25) is 5.02 Å². The van der Waals surface area contributed by atoms with Gasteiger partial charge in [-0.15, -0.1) is 0 Å². The Morgan fingerprint density at radius 1 is 1.25 bits per heavy atom. The molecule has 1 amide bonds. The minimum absolute atomic E-state index is 0.150. The van der Waals surface area contributed by atoms with Gasteiger partial charge in [0.15, 0.2) is 5.69 Å². The van der Waals surface area contributed by atoms with Gasteiger partial charge in [0.25, 0.3) is 5.91 Å². The Hall–Kier alpha value is -2.60. The molecule has 2 atom stereocenters. The molecule has 1 N–H and O–H groups in total. The molecule has 6 nitrogen and oxygen atoms in total. The summed E-state index contributed by atoms with van der Waals surface area (Å²) in [6.07, 6.45) is 4.34. The smallest absolute Gasteiger partial charge is 0.274 e. The van der Waals surface area contributed by atoms with Gasteiger partial charge in [-0.3, -0.25) is 9.48 Å². The van der Waals surface area contributed by atoms with Gasteiger partial charge in [-0.2, -0.15) is 5.10 Å². The number of benzene rings is 1. The Morgan fingerprint density at radius 2 is 1.93 bits per heavy atom. The molecule has 28 heavy (non-hydrogen) atoms. The average Bonchev–Trinajstić information content (AvgIpc) is 3.27. The number of nitrogens with one attached hydrogen (secondary N) is 1. The monoisotopic (exact) mass is 400 g/mol. The lowest BCUT2D eigenvalue weighted by Crippen LogP contribution is -2.28. The van der Waals surface area contributed by atoms with Gasteiger partial charge in [0.05, 0.1) is 23.8 Å². The van der Waals surface area contributed by atoms with Crippen molar-refractivity contribution in [3.8, 4) is 0 Å². The Balaban J connectivity index is 1.72. The number of hydrogen-bond donors (Lipinski definition) is 1. The van der Waals surface area contributed by atoms with Crippen LogP contribution in [0.1, 0.15) is 72.1 Å². The largest absolute Gasteiger partial charge is 0.361 e. The van der Waals surface area contributed by atoms with Crippen molar-refractivity contribution in [1.29, 1.82) is 0 Å². The molecule has 0 radical (unpaired) electrons. The number of rotatable bonds is 7. The predicted molar refractivity (Wildman–Crippen MR) is 109 cm³/mol. The molecule has 0 aliphatic heterocycles. The fourth-order valence-electron chi connectivity index (χ4n) is 3.04. The van der Waals surface area contributed by atoms with Crippen LogP contribution in [0.4, 0.5) is 0 Å². The van der Waals surface area contributed by atoms with Crippen molar-refractivity contribution in [2.45, 2.75) is 52.6 Å². The van der Waals surface area contributed by atoms with Crippen LogP contribution in [-0.4, -0.2) is 20.8 Å². The molecule has 148 valence electrons. The Morgan fingerprint density at radius 3 is 2.54 bits per heavy atom. The Labute approximate surface area is 169 Å². The molecular weight excluding hydrogens is 376 g/mol. The molecule has 3 rings (SSSR count). The van der Waals surface area contributed by atoms with Gasteiger partial charge in [0, 0.05) is 11.8 Å². The number of aromatic nitrogens is 3. The fourth-order valence-corrected chi connectivity index (χ4v) is 3.20. The van der Waals surface area contributed by atoms with E-state index in [1.807, 2.05) is 6.92 Å². The van der Waals surface area contributed by atoms with Crippen LogP contribution in [0.3, 0.4) is 0 Å². The summed E-state index contributed by atoms with van der Waals surface area (Å²) in [6, 6.07) is 8.22. The van der Waals surface area contributed by atoms with Crippen LogP contribution >= 0.6 is 11.6 Å². The zero-order valence-corrected chi connectivity index (χ0v) is 17.3. The van der Waals surface area contributed by atoms with Gasteiger partial charge in [-0.1, -0.05) is 54.9 Å². The number of amides is 1. The van der Waals surface area contributed by atoms with Crippen LogP contribution in [0.15, 0.2) is 41.2 Å². The molecule has 2 aromatic heterocycles. The number of hydrogen-bond acceptors (Lipinski definition) is 4. The van der Waals surface area contributed by atoms with Crippen LogP contribution in [0.25, 0.3) is 0 Å². The standard InChI is InChI=1S/C21H25ClN4O2/c1-5-13(2)16-6-8-17(9-7-16)14(3)24-21(27)20-19(15(4)28-25-20)12-26-11-18(22)10-23-26/h6-11,13-14H,5,12H2,1-4H3,(H,24,27). The van der Waals surface area contributed by atoms with Crippen molar-refractivity contribution in [2.24, 2.45) is 0 Å². The maximum Gasteiger partial charge on any atom is 0.274 e. The Kier molecular flexibility index (Phi) is 6.19. The summed E-state index contributed by atoms with van der Waals surface area (Å²) in [5.74, 6) is 0.835. The topological polar surface area (TPSA) is 73.0 Å². The first kappa shape index (κ1) is 20.1. The molecule has 1 aromatic carbocycles. The average molecular weight is 401 g/mol. The van der Waals surface area contributed by atoms with Gasteiger partial charge in [-0.05, 0) is 37.3 Å². The van der Waals surface area contributed by atoms with Crippen molar-refractivity contribution in [3.63, 3.8) is 0 Å². The number of halogens is 1. The molecule has 0 aliphatic carbocycles. The molecule has 0 saturated heterocycles. The minimum Gasteiger partial charge on any atom is -0.361 e. The van der Waals surface area contributed by atoms with E-state index in [9.17, 15) is 4.79 Å². The van der Waals surface area contributed by atoms with E-state index in [-0.39, 0.29) is 17.6 Å². The number of carbonyl (C=O) groups is 1. The van der Waals surface area contributed by atoms with Crippen molar-refractivity contribution in [2.75, 3.05) is 0 Å². The highest BCUT2D eigenvalue weighted by Crippen LogP contribution is 2.22. The third-order valence-corrected chi connectivity index (χ3v) is 5.28. The van der Waals surface area contributed by atoms with E-state index in [2.05, 4.69) is 53.7 Å². The highest BCUT2D eigenvalue weighted by atomic mass is 35.5. The summed E-state index contributed by atoms with van der Waals surface area (Å²) in [4.78, 5) is 12.8. The van der Waals surface area contributed by atoms with Crippen LogP contribution in [0.5, 0.6) is 0 Å². The third-order valence-electron chi connectivity index (χ3n) is 5.09. The van der Waals surface area contributed by atoms with E-state index in [0.29, 0.717) is 28.8 Å². The predicted octanol–water partition coefficient (Wildman–Crippen LogP) is 4.89. The van der Waals surface area contributed by atoms with E-state index in [1.165, 1.54) is 5.56 Å². The molecule has 2 unspecified atom stereocenters. The Bertz CT molecular complexity index is 946. The molecule has 0 aliphatic rings. The third kappa shape index (κ3) is 4.44. The first-order chi connectivity index (χ1) is 13.4. The first-order valence-electron chi connectivity index (χ1n) is 9.42. The lowest BCUT2D eigenvalue weighted by Gasteiger charge is -2.16. The number of nitrogens with zero attached hydrogens (tertiary/aromatic N) is 3. The molecule has 2 heterocycles. The van der Waals surface area contributed by atoms with E-state index in [0.717, 1.165) is 12.0 Å². The van der Waals surface area contributed by atoms with Crippen molar-refractivity contribution in [3.05, 3.63) is 69.8 Å².